The fraction of sp³-hybridized carbons (Fsp3) is 0.500. The fourth-order valence-corrected chi connectivity index (χ4v) is 4.41. The van der Waals surface area contributed by atoms with Crippen LogP contribution >= 0.6 is 36.4 Å². The van der Waals surface area contributed by atoms with Crippen LogP contribution in [0.5, 0.6) is 0 Å². The highest BCUT2D eigenvalue weighted by Gasteiger charge is 2.20. The van der Waals surface area contributed by atoms with Gasteiger partial charge in [-0.3, -0.25) is 9.69 Å². The molecule has 3 N–H and O–H groups in total. The molecule has 0 radical (unpaired) electrons. The molecule has 2 aliphatic heterocycles. The summed E-state index contributed by atoms with van der Waals surface area (Å²) in [5, 5.41) is 9.50. The van der Waals surface area contributed by atoms with E-state index < -0.39 is 23.3 Å². The first-order valence-corrected chi connectivity index (χ1v) is 12.8. The Hall–Kier alpha value is -1.62. The molecule has 2 aromatic carbocycles. The maximum Gasteiger partial charge on any atom is 0.235 e. The zero-order valence-corrected chi connectivity index (χ0v) is 23.3. The van der Waals surface area contributed by atoms with Crippen molar-refractivity contribution in [3.8, 4) is 0 Å². The second-order valence-corrected chi connectivity index (χ2v) is 9.42. The number of piperidine rings is 2. The molecule has 2 aliphatic rings. The van der Waals surface area contributed by atoms with Crippen molar-refractivity contribution in [1.82, 2.24) is 20.9 Å². The molecule has 2 heterocycles. The Kier molecular flexibility index (Phi) is 16.2. The summed E-state index contributed by atoms with van der Waals surface area (Å²) in [6.45, 7) is 4.86. The molecule has 38 heavy (non-hydrogen) atoms. The number of nitrogens with zero attached hydrogens (tertiary/aromatic N) is 1. The summed E-state index contributed by atoms with van der Waals surface area (Å²) < 4.78 is 51.6. The zero-order chi connectivity index (χ0) is 25.9. The minimum atomic E-state index is -0.823. The van der Waals surface area contributed by atoms with Crippen molar-refractivity contribution in [3.05, 3.63) is 70.8 Å². The van der Waals surface area contributed by atoms with E-state index >= 15 is 0 Å². The van der Waals surface area contributed by atoms with Crippen LogP contribution in [0, 0.1) is 23.3 Å². The molecule has 2 saturated heterocycles. The van der Waals surface area contributed by atoms with E-state index in [0.717, 1.165) is 69.1 Å². The van der Waals surface area contributed by atoms with Gasteiger partial charge in [0.2, 0.25) is 5.91 Å². The predicted molar refractivity (Wildman–Crippen MR) is 147 cm³/mol. The molecule has 2 aromatic rings. The third-order valence-corrected chi connectivity index (χ3v) is 6.63. The zero-order valence-electron chi connectivity index (χ0n) is 21.0. The van der Waals surface area contributed by atoms with Crippen molar-refractivity contribution in [2.24, 2.45) is 0 Å². The van der Waals surface area contributed by atoms with E-state index in [0.29, 0.717) is 19.1 Å². The van der Waals surface area contributed by atoms with Crippen LogP contribution in [0.2, 0.25) is 0 Å². The van der Waals surface area contributed by atoms with E-state index in [9.17, 15) is 22.4 Å². The Morgan fingerprint density at radius 1 is 0.842 bits per heavy atom. The molecule has 0 aromatic heterocycles. The maximum absolute atomic E-state index is 13.1. The van der Waals surface area contributed by atoms with Crippen molar-refractivity contribution < 1.29 is 22.4 Å². The monoisotopic (exact) mass is 600 g/mol. The Balaban J connectivity index is 0.000000368. The van der Waals surface area contributed by atoms with Crippen LogP contribution in [-0.2, 0) is 17.9 Å². The second kappa shape index (κ2) is 17.9. The number of halogens is 7. The van der Waals surface area contributed by atoms with Gasteiger partial charge in [0.15, 0.2) is 23.3 Å². The SMILES string of the molecule is Cl.Cl.Fc1ccc(CNC2CCNCC2)cc1F.O=C(CCl)NC1CCN(Cc2ccc(F)c(F)c2)CC1. The standard InChI is InChI=1S/C14H17ClF2N2O.C12H16F2N2.2ClH/c15-8-14(20)18-11-3-5-19(6-4-11)9-10-1-2-12(16)13(17)7-10;13-11-2-1-9(7-12(11)14)8-16-10-3-5-15-6-4-10;;/h1-2,7,11H,3-6,8-9H2,(H,18,20);1-2,7,10,15-16H,3-6,8H2;2*1H. The van der Waals surface area contributed by atoms with E-state index in [2.05, 4.69) is 20.9 Å². The van der Waals surface area contributed by atoms with Gasteiger partial charge in [-0.1, -0.05) is 12.1 Å². The number of hydrogen-bond donors (Lipinski definition) is 3. The van der Waals surface area contributed by atoms with E-state index in [-0.39, 0.29) is 42.6 Å². The Morgan fingerprint density at radius 2 is 1.39 bits per heavy atom. The third kappa shape index (κ3) is 11.6. The first-order chi connectivity index (χ1) is 17.3. The quantitative estimate of drug-likeness (QED) is 0.311. The first kappa shape index (κ1) is 34.4. The van der Waals surface area contributed by atoms with Crippen LogP contribution in [0.3, 0.4) is 0 Å². The predicted octanol–water partition coefficient (Wildman–Crippen LogP) is 4.93. The van der Waals surface area contributed by atoms with E-state index in [1.807, 2.05) is 0 Å². The van der Waals surface area contributed by atoms with Gasteiger partial charge in [0.05, 0.1) is 0 Å². The normalized spacial score (nSPS) is 16.4. The lowest BCUT2D eigenvalue weighted by atomic mass is 10.0. The lowest BCUT2D eigenvalue weighted by Crippen LogP contribution is -2.44. The molecule has 4 rings (SSSR count). The van der Waals surface area contributed by atoms with Gasteiger partial charge >= 0.3 is 0 Å². The van der Waals surface area contributed by atoms with E-state index in [1.165, 1.54) is 18.2 Å². The molecule has 2 fully saturated rings. The molecule has 0 aliphatic carbocycles. The minimum Gasteiger partial charge on any atom is -0.352 e. The van der Waals surface area contributed by atoms with Crippen molar-refractivity contribution in [3.63, 3.8) is 0 Å². The molecule has 1 amide bonds. The molecule has 0 bridgehead atoms. The summed E-state index contributed by atoms with van der Waals surface area (Å²) in [5.41, 5.74) is 1.55. The Bertz CT molecular complexity index is 991. The number of nitrogens with one attached hydrogen (secondary N) is 3. The number of alkyl halides is 1. The Morgan fingerprint density at radius 3 is 1.95 bits per heavy atom. The highest BCUT2D eigenvalue weighted by Crippen LogP contribution is 2.16. The van der Waals surface area contributed by atoms with Gasteiger partial charge in [0, 0.05) is 38.3 Å². The fourth-order valence-electron chi connectivity index (χ4n) is 4.34. The van der Waals surface area contributed by atoms with Crippen LogP contribution in [0.15, 0.2) is 36.4 Å². The number of likely N-dealkylation sites (tertiary alicyclic amines) is 1. The average molecular weight is 602 g/mol. The number of carbonyl (C=O) groups is 1. The summed E-state index contributed by atoms with van der Waals surface area (Å²) in [7, 11) is 0. The lowest BCUT2D eigenvalue weighted by Gasteiger charge is -2.32. The Labute approximate surface area is 238 Å². The lowest BCUT2D eigenvalue weighted by molar-refractivity contribution is -0.119. The van der Waals surface area contributed by atoms with Crippen LogP contribution in [0.4, 0.5) is 17.6 Å². The van der Waals surface area contributed by atoms with Gasteiger partial charge in [0.1, 0.15) is 5.88 Å². The number of benzene rings is 2. The molecule has 0 unspecified atom stereocenters. The number of rotatable bonds is 7. The van der Waals surface area contributed by atoms with Gasteiger partial charge in [-0.05, 0) is 74.2 Å². The first-order valence-electron chi connectivity index (χ1n) is 12.2. The van der Waals surface area contributed by atoms with Crippen molar-refractivity contribution in [1.29, 1.82) is 0 Å². The third-order valence-electron chi connectivity index (χ3n) is 6.38. The van der Waals surface area contributed by atoms with Crippen molar-refractivity contribution in [2.45, 2.75) is 50.9 Å². The summed E-state index contributed by atoms with van der Waals surface area (Å²) in [5.74, 6) is -3.36. The summed E-state index contributed by atoms with van der Waals surface area (Å²) >= 11 is 5.45. The van der Waals surface area contributed by atoms with Crippen molar-refractivity contribution >= 4 is 42.3 Å². The molecule has 0 atom stereocenters. The van der Waals surface area contributed by atoms with E-state index in [1.54, 1.807) is 12.1 Å². The highest BCUT2D eigenvalue weighted by molar-refractivity contribution is 6.27. The van der Waals surface area contributed by atoms with Crippen LogP contribution in [0.25, 0.3) is 0 Å². The number of hydrogen-bond acceptors (Lipinski definition) is 4. The molecule has 0 saturated carbocycles. The molecular weight excluding hydrogens is 567 g/mol. The topological polar surface area (TPSA) is 56.4 Å². The maximum atomic E-state index is 13.1. The largest absolute Gasteiger partial charge is 0.352 e. The van der Waals surface area contributed by atoms with Gasteiger partial charge in [-0.25, -0.2) is 17.6 Å². The molecule has 12 heteroatoms. The second-order valence-electron chi connectivity index (χ2n) is 9.15. The van der Waals surface area contributed by atoms with Gasteiger partial charge in [-0.2, -0.15) is 0 Å². The van der Waals surface area contributed by atoms with Crippen LogP contribution in [0.1, 0.15) is 36.8 Å². The van der Waals surface area contributed by atoms with Gasteiger partial charge < -0.3 is 16.0 Å². The van der Waals surface area contributed by atoms with Crippen LogP contribution < -0.4 is 16.0 Å². The molecule has 214 valence electrons. The highest BCUT2D eigenvalue weighted by atomic mass is 35.5. The van der Waals surface area contributed by atoms with Crippen LogP contribution in [-0.4, -0.2) is 54.9 Å². The summed E-state index contributed by atoms with van der Waals surface area (Å²) in [6.07, 6.45) is 3.85. The average Bonchev–Trinajstić information content (AvgIpc) is 2.89. The summed E-state index contributed by atoms with van der Waals surface area (Å²) in [4.78, 5) is 13.4. The number of carbonyl (C=O) groups excluding carboxylic acids is 1. The summed E-state index contributed by atoms with van der Waals surface area (Å²) in [6, 6.07) is 8.66. The van der Waals surface area contributed by atoms with Gasteiger partial charge in [0.25, 0.3) is 0 Å². The van der Waals surface area contributed by atoms with Gasteiger partial charge in [-0.15, -0.1) is 36.4 Å². The molecule has 0 spiro atoms. The van der Waals surface area contributed by atoms with E-state index in [4.69, 9.17) is 11.6 Å². The minimum absolute atomic E-state index is 0. The van der Waals surface area contributed by atoms with Crippen molar-refractivity contribution in [2.75, 3.05) is 32.1 Å². The number of amides is 1. The smallest absolute Gasteiger partial charge is 0.235 e. The molecule has 5 nitrogen and oxygen atoms in total. The molecular formula is C26H35Cl3F4N4O.